The molecule has 1 fully saturated rings. The van der Waals surface area contributed by atoms with Crippen molar-refractivity contribution in [1.29, 1.82) is 0 Å². The molecule has 0 aromatic carbocycles. The molecule has 0 aromatic heterocycles. The van der Waals surface area contributed by atoms with Crippen molar-refractivity contribution in [3.05, 3.63) is 0 Å². The summed E-state index contributed by atoms with van der Waals surface area (Å²) in [5.41, 5.74) is 5.16. The highest BCUT2D eigenvalue weighted by Gasteiger charge is 2.20. The highest BCUT2D eigenvalue weighted by molar-refractivity contribution is 5.75. The van der Waals surface area contributed by atoms with Gasteiger partial charge in [0.25, 0.3) is 0 Å². The molecular weight excluding hydrogens is 190 g/mol. The fourth-order valence-electron chi connectivity index (χ4n) is 2.00. The monoisotopic (exact) mass is 213 g/mol. The van der Waals surface area contributed by atoms with Crippen LogP contribution in [0.25, 0.3) is 0 Å². The number of hydrogen-bond donors (Lipinski definition) is 2. The van der Waals surface area contributed by atoms with Gasteiger partial charge in [0.1, 0.15) is 0 Å². The molecule has 1 amide bonds. The van der Waals surface area contributed by atoms with Gasteiger partial charge in [-0.25, -0.2) is 0 Å². The first-order valence-corrected chi connectivity index (χ1v) is 5.88. The second kappa shape index (κ2) is 6.08. The molecule has 1 heterocycles. The van der Waals surface area contributed by atoms with Crippen LogP contribution in [0.15, 0.2) is 0 Å². The van der Waals surface area contributed by atoms with E-state index in [2.05, 4.69) is 24.1 Å². The Bertz CT molecular complexity index is 200. The lowest BCUT2D eigenvalue weighted by atomic mass is 10.0. The zero-order valence-corrected chi connectivity index (χ0v) is 9.83. The third-order valence-corrected chi connectivity index (χ3v) is 3.10. The Morgan fingerprint density at radius 3 is 2.60 bits per heavy atom. The van der Waals surface area contributed by atoms with E-state index in [0.29, 0.717) is 18.6 Å². The van der Waals surface area contributed by atoms with Crippen LogP contribution in [0, 0.1) is 0 Å². The minimum absolute atomic E-state index is 0.219. The van der Waals surface area contributed by atoms with Crippen LogP contribution in [0.1, 0.15) is 33.1 Å². The van der Waals surface area contributed by atoms with Gasteiger partial charge in [0.15, 0.2) is 0 Å². The molecule has 1 aliphatic rings. The Kier molecular flexibility index (Phi) is 5.05. The average molecular weight is 213 g/mol. The van der Waals surface area contributed by atoms with Crippen LogP contribution in [0.5, 0.6) is 0 Å². The van der Waals surface area contributed by atoms with Gasteiger partial charge in [-0.05, 0) is 26.2 Å². The van der Waals surface area contributed by atoms with Crippen molar-refractivity contribution in [1.82, 2.24) is 10.2 Å². The quantitative estimate of drug-likeness (QED) is 0.691. The van der Waals surface area contributed by atoms with Crippen LogP contribution in [-0.4, -0.2) is 42.5 Å². The van der Waals surface area contributed by atoms with Gasteiger partial charge in [-0.2, -0.15) is 0 Å². The summed E-state index contributed by atoms with van der Waals surface area (Å²) in [5, 5.41) is 3.60. The second-order valence-electron chi connectivity index (χ2n) is 4.49. The van der Waals surface area contributed by atoms with Gasteiger partial charge in [0.05, 0.1) is 6.54 Å². The third kappa shape index (κ3) is 4.62. The molecule has 3 N–H and O–H groups in total. The summed E-state index contributed by atoms with van der Waals surface area (Å²) in [6, 6.07) is 1.21. The number of likely N-dealkylation sites (tertiary alicyclic amines) is 1. The molecule has 4 nitrogen and oxygen atoms in total. The largest absolute Gasteiger partial charge is 0.369 e. The summed E-state index contributed by atoms with van der Waals surface area (Å²) >= 11 is 0. The van der Waals surface area contributed by atoms with Gasteiger partial charge in [-0.3, -0.25) is 9.69 Å². The van der Waals surface area contributed by atoms with Crippen molar-refractivity contribution < 1.29 is 4.79 Å². The standard InChI is InChI=1S/C11H23N3O/c1-3-9(2)13-10-4-6-14(7-5-10)8-11(12)15/h9-10,13H,3-8H2,1-2H3,(H2,12,15). The van der Waals surface area contributed by atoms with Crippen molar-refractivity contribution >= 4 is 5.91 Å². The van der Waals surface area contributed by atoms with E-state index in [4.69, 9.17) is 5.73 Å². The van der Waals surface area contributed by atoms with Gasteiger partial charge < -0.3 is 11.1 Å². The number of amides is 1. The molecule has 0 aromatic rings. The molecule has 15 heavy (non-hydrogen) atoms. The van der Waals surface area contributed by atoms with Crippen LogP contribution >= 0.6 is 0 Å². The van der Waals surface area contributed by atoms with E-state index in [0.717, 1.165) is 25.9 Å². The molecule has 1 atom stereocenters. The van der Waals surface area contributed by atoms with E-state index < -0.39 is 0 Å². The maximum Gasteiger partial charge on any atom is 0.231 e. The molecule has 0 bridgehead atoms. The van der Waals surface area contributed by atoms with Crippen molar-refractivity contribution in [3.8, 4) is 0 Å². The van der Waals surface area contributed by atoms with Crippen molar-refractivity contribution in [2.45, 2.75) is 45.2 Å². The molecule has 1 rings (SSSR count). The second-order valence-corrected chi connectivity index (χ2v) is 4.49. The Labute approximate surface area is 92.2 Å². The summed E-state index contributed by atoms with van der Waals surface area (Å²) in [6.45, 7) is 6.79. The molecule has 88 valence electrons. The SMILES string of the molecule is CCC(C)NC1CCN(CC(N)=O)CC1. The minimum atomic E-state index is -0.219. The Morgan fingerprint density at radius 1 is 1.53 bits per heavy atom. The first kappa shape index (κ1) is 12.5. The zero-order valence-electron chi connectivity index (χ0n) is 9.83. The number of nitrogens with zero attached hydrogens (tertiary/aromatic N) is 1. The molecule has 4 heteroatoms. The van der Waals surface area contributed by atoms with Crippen molar-refractivity contribution in [2.24, 2.45) is 5.73 Å². The smallest absolute Gasteiger partial charge is 0.231 e. The number of piperidine rings is 1. The van der Waals surface area contributed by atoms with E-state index in [1.807, 2.05) is 0 Å². The molecule has 0 saturated carbocycles. The van der Waals surface area contributed by atoms with E-state index in [9.17, 15) is 4.79 Å². The van der Waals surface area contributed by atoms with Crippen LogP contribution in [0.2, 0.25) is 0 Å². The normalized spacial score (nSPS) is 21.5. The molecule has 1 aliphatic heterocycles. The number of carbonyl (C=O) groups is 1. The predicted octanol–water partition coefficient (Wildman–Crippen LogP) is 0.324. The number of nitrogens with one attached hydrogen (secondary N) is 1. The van der Waals surface area contributed by atoms with Crippen molar-refractivity contribution in [2.75, 3.05) is 19.6 Å². The number of primary amides is 1. The van der Waals surface area contributed by atoms with E-state index in [1.165, 1.54) is 6.42 Å². The van der Waals surface area contributed by atoms with Gasteiger partial charge in [0, 0.05) is 25.2 Å². The summed E-state index contributed by atoms with van der Waals surface area (Å²) < 4.78 is 0. The number of nitrogens with two attached hydrogens (primary N) is 1. The third-order valence-electron chi connectivity index (χ3n) is 3.10. The zero-order chi connectivity index (χ0) is 11.3. The first-order chi connectivity index (χ1) is 7.11. The van der Waals surface area contributed by atoms with Crippen LogP contribution < -0.4 is 11.1 Å². The lowest BCUT2D eigenvalue weighted by molar-refractivity contribution is -0.119. The fourth-order valence-corrected chi connectivity index (χ4v) is 2.00. The maximum absolute atomic E-state index is 10.7. The summed E-state index contributed by atoms with van der Waals surface area (Å²) in [4.78, 5) is 12.9. The predicted molar refractivity (Wildman–Crippen MR) is 61.5 cm³/mol. The van der Waals surface area contributed by atoms with Gasteiger partial charge in [-0.1, -0.05) is 6.92 Å². The van der Waals surface area contributed by atoms with Crippen LogP contribution in [0.4, 0.5) is 0 Å². The topological polar surface area (TPSA) is 58.4 Å². The lowest BCUT2D eigenvalue weighted by Gasteiger charge is -2.33. The Hall–Kier alpha value is -0.610. The summed E-state index contributed by atoms with van der Waals surface area (Å²) in [7, 11) is 0. The Morgan fingerprint density at radius 2 is 2.13 bits per heavy atom. The van der Waals surface area contributed by atoms with Crippen LogP contribution in [0.3, 0.4) is 0 Å². The van der Waals surface area contributed by atoms with Crippen molar-refractivity contribution in [3.63, 3.8) is 0 Å². The lowest BCUT2D eigenvalue weighted by Crippen LogP contribution is -2.47. The molecule has 0 spiro atoms. The number of rotatable bonds is 5. The molecular formula is C11H23N3O. The van der Waals surface area contributed by atoms with E-state index >= 15 is 0 Å². The molecule has 1 saturated heterocycles. The highest BCUT2D eigenvalue weighted by atomic mass is 16.1. The van der Waals surface area contributed by atoms with Gasteiger partial charge in [0.2, 0.25) is 5.91 Å². The minimum Gasteiger partial charge on any atom is -0.369 e. The maximum atomic E-state index is 10.7. The van der Waals surface area contributed by atoms with E-state index in [-0.39, 0.29) is 5.91 Å². The highest BCUT2D eigenvalue weighted by Crippen LogP contribution is 2.10. The van der Waals surface area contributed by atoms with E-state index in [1.54, 1.807) is 0 Å². The summed E-state index contributed by atoms with van der Waals surface area (Å²) in [6.07, 6.45) is 3.41. The average Bonchev–Trinajstić information content (AvgIpc) is 2.20. The fraction of sp³-hybridized carbons (Fsp3) is 0.909. The molecule has 0 aliphatic carbocycles. The van der Waals surface area contributed by atoms with Gasteiger partial charge in [-0.15, -0.1) is 0 Å². The number of hydrogen-bond acceptors (Lipinski definition) is 3. The van der Waals surface area contributed by atoms with Gasteiger partial charge >= 0.3 is 0 Å². The molecule has 1 unspecified atom stereocenters. The van der Waals surface area contributed by atoms with Crippen LogP contribution in [-0.2, 0) is 4.79 Å². The Balaban J connectivity index is 2.20. The summed E-state index contributed by atoms with van der Waals surface area (Å²) in [5.74, 6) is -0.219. The molecule has 0 radical (unpaired) electrons. The first-order valence-electron chi connectivity index (χ1n) is 5.88. The number of carbonyl (C=O) groups excluding carboxylic acids is 1.